The maximum Gasteiger partial charge on any atom is 0.253 e. The van der Waals surface area contributed by atoms with Gasteiger partial charge < -0.3 is 9.47 Å². The lowest BCUT2D eigenvalue weighted by molar-refractivity contribution is -0.0288. The molecule has 8 heteroatoms. The fraction of sp³-hybridized carbons (Fsp3) is 0.375. The fourth-order valence-electron chi connectivity index (χ4n) is 2.64. The minimum Gasteiger partial charge on any atom is -0.497 e. The number of hydrogen-bond acceptors (Lipinski definition) is 5. The van der Waals surface area contributed by atoms with Gasteiger partial charge in [0.1, 0.15) is 9.96 Å². The Kier molecular flexibility index (Phi) is 5.17. The standard InChI is InChI=1S/C16H18ClNO4S2/c1-11-10-22-14(12-3-5-13(21-2)6-4-12)9-18(11)24(19,20)16-8-7-15(17)23-16/h3-8,11,14H,9-10H2,1-2H3. The van der Waals surface area contributed by atoms with Crippen molar-refractivity contribution in [2.45, 2.75) is 23.3 Å². The first-order valence-electron chi connectivity index (χ1n) is 7.44. The Morgan fingerprint density at radius 2 is 1.96 bits per heavy atom. The lowest BCUT2D eigenvalue weighted by atomic mass is 10.1. The van der Waals surface area contributed by atoms with Crippen molar-refractivity contribution in [3.8, 4) is 5.75 Å². The molecule has 2 atom stereocenters. The molecule has 1 aliphatic rings. The monoisotopic (exact) mass is 387 g/mol. The number of nitrogens with zero attached hydrogens (tertiary/aromatic N) is 1. The summed E-state index contributed by atoms with van der Waals surface area (Å²) in [5, 5.41) is 0. The van der Waals surface area contributed by atoms with Gasteiger partial charge in [-0.15, -0.1) is 11.3 Å². The summed E-state index contributed by atoms with van der Waals surface area (Å²) in [4.78, 5) is 0. The SMILES string of the molecule is COc1ccc(C2CN(S(=O)(=O)c3ccc(Cl)s3)C(C)CO2)cc1. The van der Waals surface area contributed by atoms with Gasteiger partial charge in [-0.05, 0) is 36.8 Å². The van der Waals surface area contributed by atoms with Gasteiger partial charge in [-0.1, -0.05) is 23.7 Å². The molecular formula is C16H18ClNO4S2. The predicted molar refractivity (Wildman–Crippen MR) is 94.4 cm³/mol. The Bertz CT molecular complexity index is 804. The number of hydrogen-bond donors (Lipinski definition) is 0. The van der Waals surface area contributed by atoms with Crippen molar-refractivity contribution in [1.29, 1.82) is 0 Å². The minimum absolute atomic E-state index is 0.231. The third-order valence-electron chi connectivity index (χ3n) is 3.98. The van der Waals surface area contributed by atoms with Gasteiger partial charge in [0, 0.05) is 12.6 Å². The van der Waals surface area contributed by atoms with Gasteiger partial charge in [-0.25, -0.2) is 8.42 Å². The molecule has 0 N–H and O–H groups in total. The third-order valence-corrected chi connectivity index (χ3v) is 7.65. The van der Waals surface area contributed by atoms with Crippen LogP contribution in [0.5, 0.6) is 5.75 Å². The summed E-state index contributed by atoms with van der Waals surface area (Å²) < 4.78 is 39.0. The first-order valence-corrected chi connectivity index (χ1v) is 10.1. The van der Waals surface area contributed by atoms with E-state index in [1.165, 1.54) is 4.31 Å². The van der Waals surface area contributed by atoms with E-state index in [-0.39, 0.29) is 22.9 Å². The van der Waals surface area contributed by atoms with E-state index in [1.54, 1.807) is 19.2 Å². The molecule has 2 aromatic rings. The second-order valence-corrected chi connectivity index (χ2v) is 9.41. The zero-order valence-corrected chi connectivity index (χ0v) is 15.7. The van der Waals surface area contributed by atoms with Gasteiger partial charge >= 0.3 is 0 Å². The maximum absolute atomic E-state index is 12.9. The van der Waals surface area contributed by atoms with E-state index >= 15 is 0 Å². The van der Waals surface area contributed by atoms with E-state index in [0.717, 1.165) is 22.6 Å². The van der Waals surface area contributed by atoms with Gasteiger partial charge in [-0.3, -0.25) is 0 Å². The van der Waals surface area contributed by atoms with Crippen molar-refractivity contribution in [2.75, 3.05) is 20.3 Å². The van der Waals surface area contributed by atoms with Gasteiger partial charge in [0.2, 0.25) is 0 Å². The van der Waals surface area contributed by atoms with Crippen LogP contribution in [0.15, 0.2) is 40.6 Å². The van der Waals surface area contributed by atoms with Crippen LogP contribution in [-0.2, 0) is 14.8 Å². The van der Waals surface area contributed by atoms with E-state index in [9.17, 15) is 8.42 Å². The first kappa shape index (κ1) is 17.7. The zero-order chi connectivity index (χ0) is 17.3. The summed E-state index contributed by atoms with van der Waals surface area (Å²) in [7, 11) is -1.98. The molecule has 1 aromatic carbocycles. The van der Waals surface area contributed by atoms with Crippen molar-refractivity contribution in [3.63, 3.8) is 0 Å². The fourth-order valence-corrected chi connectivity index (χ4v) is 5.87. The molecule has 5 nitrogen and oxygen atoms in total. The summed E-state index contributed by atoms with van der Waals surface area (Å²) >= 11 is 6.96. The summed E-state index contributed by atoms with van der Waals surface area (Å²) in [6, 6.07) is 10.4. The Morgan fingerprint density at radius 1 is 1.25 bits per heavy atom. The number of sulfonamides is 1. The van der Waals surface area contributed by atoms with Crippen LogP contribution in [0.2, 0.25) is 4.34 Å². The van der Waals surface area contributed by atoms with E-state index in [1.807, 2.05) is 31.2 Å². The van der Waals surface area contributed by atoms with E-state index in [4.69, 9.17) is 21.1 Å². The number of methoxy groups -OCH3 is 1. The molecule has 1 aromatic heterocycles. The van der Waals surface area contributed by atoms with E-state index < -0.39 is 10.0 Å². The molecule has 24 heavy (non-hydrogen) atoms. The summed E-state index contributed by atoms with van der Waals surface area (Å²) in [5.41, 5.74) is 0.923. The van der Waals surface area contributed by atoms with E-state index in [0.29, 0.717) is 10.9 Å². The Hall–Kier alpha value is -1.12. The molecular weight excluding hydrogens is 370 g/mol. The maximum atomic E-state index is 12.9. The topological polar surface area (TPSA) is 55.8 Å². The molecule has 1 fully saturated rings. The van der Waals surface area contributed by atoms with Crippen LogP contribution < -0.4 is 4.74 Å². The molecule has 0 saturated carbocycles. The molecule has 1 aliphatic heterocycles. The number of benzene rings is 1. The quantitative estimate of drug-likeness (QED) is 0.804. The molecule has 3 rings (SSSR count). The van der Waals surface area contributed by atoms with Crippen LogP contribution >= 0.6 is 22.9 Å². The normalized spacial score (nSPS) is 22.5. The number of ether oxygens (including phenoxy) is 2. The van der Waals surface area contributed by atoms with Gasteiger partial charge in [0.05, 0.1) is 24.2 Å². The number of morpholine rings is 1. The average Bonchev–Trinajstić information content (AvgIpc) is 3.02. The van der Waals surface area contributed by atoms with Crippen molar-refractivity contribution < 1.29 is 17.9 Å². The lowest BCUT2D eigenvalue weighted by Gasteiger charge is -2.36. The highest BCUT2D eigenvalue weighted by atomic mass is 35.5. The molecule has 130 valence electrons. The van der Waals surface area contributed by atoms with Crippen LogP contribution in [-0.4, -0.2) is 39.0 Å². The molecule has 2 unspecified atom stereocenters. The summed E-state index contributed by atoms with van der Waals surface area (Å²) in [5.74, 6) is 0.751. The minimum atomic E-state index is -3.58. The van der Waals surface area contributed by atoms with Crippen LogP contribution in [0.4, 0.5) is 0 Å². The number of thiophene rings is 1. The zero-order valence-electron chi connectivity index (χ0n) is 13.3. The third kappa shape index (κ3) is 3.45. The largest absolute Gasteiger partial charge is 0.497 e. The second-order valence-electron chi connectivity index (χ2n) is 5.58. The van der Waals surface area contributed by atoms with Crippen molar-refractivity contribution in [2.24, 2.45) is 0 Å². The highest BCUT2D eigenvalue weighted by Crippen LogP contribution is 2.33. The molecule has 0 radical (unpaired) electrons. The molecule has 0 aliphatic carbocycles. The molecule has 0 bridgehead atoms. The lowest BCUT2D eigenvalue weighted by Crippen LogP contribution is -2.47. The first-order chi connectivity index (χ1) is 11.4. The predicted octanol–water partition coefficient (Wildman–Crippen LogP) is 3.56. The van der Waals surface area contributed by atoms with Crippen molar-refractivity contribution in [1.82, 2.24) is 4.31 Å². The Morgan fingerprint density at radius 3 is 2.54 bits per heavy atom. The molecule has 0 amide bonds. The number of rotatable bonds is 4. The number of halogens is 1. The smallest absolute Gasteiger partial charge is 0.253 e. The van der Waals surface area contributed by atoms with Crippen LogP contribution in [0.25, 0.3) is 0 Å². The molecule has 1 saturated heterocycles. The molecule has 0 spiro atoms. The van der Waals surface area contributed by atoms with Crippen LogP contribution in [0.1, 0.15) is 18.6 Å². The molecule has 2 heterocycles. The van der Waals surface area contributed by atoms with Crippen molar-refractivity contribution >= 4 is 33.0 Å². The van der Waals surface area contributed by atoms with Gasteiger partial charge in [-0.2, -0.15) is 4.31 Å². The van der Waals surface area contributed by atoms with Crippen LogP contribution in [0.3, 0.4) is 0 Å². The highest BCUT2D eigenvalue weighted by molar-refractivity contribution is 7.91. The van der Waals surface area contributed by atoms with Gasteiger partial charge in [0.25, 0.3) is 10.0 Å². The van der Waals surface area contributed by atoms with E-state index in [2.05, 4.69) is 0 Å². The Balaban J connectivity index is 1.85. The summed E-state index contributed by atoms with van der Waals surface area (Å²) in [6.45, 7) is 2.46. The van der Waals surface area contributed by atoms with Crippen LogP contribution in [0, 0.1) is 0 Å². The highest BCUT2D eigenvalue weighted by Gasteiger charge is 2.36. The van der Waals surface area contributed by atoms with Gasteiger partial charge in [0.15, 0.2) is 0 Å². The van der Waals surface area contributed by atoms with Crippen molar-refractivity contribution in [3.05, 3.63) is 46.3 Å². The average molecular weight is 388 g/mol. The summed E-state index contributed by atoms with van der Waals surface area (Å²) in [6.07, 6.45) is -0.308. The second kappa shape index (κ2) is 7.01. The Labute approximate surface area is 150 Å².